The van der Waals surface area contributed by atoms with E-state index in [-0.39, 0.29) is 42.9 Å². The Labute approximate surface area is 281 Å². The number of likely N-dealkylation sites (tertiary alicyclic amines) is 1. The summed E-state index contributed by atoms with van der Waals surface area (Å²) in [5, 5.41) is 11.0. The van der Waals surface area contributed by atoms with Crippen LogP contribution in [0.2, 0.25) is 0 Å². The van der Waals surface area contributed by atoms with Crippen molar-refractivity contribution in [2.24, 2.45) is 16.7 Å². The predicted molar refractivity (Wildman–Crippen MR) is 182 cm³/mol. The number of carbonyl (C=O) groups excluding carboxylic acids is 5. The second-order valence-electron chi connectivity index (χ2n) is 15.3. The number of hydrogen-bond acceptors (Lipinski definition) is 7. The maximum Gasteiger partial charge on any atom is 0.315 e. The van der Waals surface area contributed by atoms with Gasteiger partial charge in [-0.2, -0.15) is 0 Å². The summed E-state index contributed by atoms with van der Waals surface area (Å²) in [6.45, 7) is 13.8. The molecule has 0 aromatic heterocycles. The number of amides is 5. The molecule has 0 aromatic rings. The van der Waals surface area contributed by atoms with Crippen LogP contribution in [-0.4, -0.2) is 91.6 Å². The SMILES string of the molecule is C#CCCC(NC(=O)[C@@H]1CC(C)(C)C(C)CN1C(=O)[C@@H](NC(=O)NC1(CS(C)(=O)=O)CCCCC1)C(C)(C)C)C(=O)C(=O)NCCC. The van der Waals surface area contributed by atoms with E-state index >= 15 is 0 Å². The summed E-state index contributed by atoms with van der Waals surface area (Å²) in [5.41, 5.74) is -2.07. The number of hydrogen-bond donors (Lipinski definition) is 4. The molecule has 2 fully saturated rings. The Morgan fingerprint density at radius 3 is 2.19 bits per heavy atom. The van der Waals surface area contributed by atoms with Crippen molar-refractivity contribution in [2.45, 2.75) is 130 Å². The van der Waals surface area contributed by atoms with E-state index in [1.165, 1.54) is 4.90 Å². The van der Waals surface area contributed by atoms with Crippen molar-refractivity contribution in [3.8, 4) is 12.3 Å². The van der Waals surface area contributed by atoms with Gasteiger partial charge in [0, 0.05) is 25.8 Å². The van der Waals surface area contributed by atoms with Crippen LogP contribution in [0.3, 0.4) is 0 Å². The van der Waals surface area contributed by atoms with E-state index in [0.717, 1.165) is 25.5 Å². The van der Waals surface area contributed by atoms with Gasteiger partial charge >= 0.3 is 6.03 Å². The lowest BCUT2D eigenvalue weighted by Crippen LogP contribution is -2.66. The molecular weight excluding hydrogens is 622 g/mol. The first-order chi connectivity index (χ1) is 21.7. The highest BCUT2D eigenvalue weighted by Gasteiger charge is 2.48. The number of ketones is 1. The highest BCUT2D eigenvalue weighted by molar-refractivity contribution is 7.90. The molecule has 47 heavy (non-hydrogen) atoms. The lowest BCUT2D eigenvalue weighted by molar-refractivity contribution is -0.151. The topological polar surface area (TPSA) is 171 Å². The van der Waals surface area contributed by atoms with Crippen molar-refractivity contribution < 1.29 is 32.4 Å². The molecular formula is C34H57N5O7S. The van der Waals surface area contributed by atoms with Gasteiger partial charge in [0.15, 0.2) is 0 Å². The fourth-order valence-electron chi connectivity index (χ4n) is 6.46. The second kappa shape index (κ2) is 16.3. The highest BCUT2D eigenvalue weighted by atomic mass is 32.2. The minimum Gasteiger partial charge on any atom is -0.349 e. The molecule has 1 saturated heterocycles. The molecule has 0 spiro atoms. The molecule has 2 rings (SSSR count). The molecule has 4 N–H and O–H groups in total. The minimum absolute atomic E-state index is 0.0103. The first-order valence-electron chi connectivity index (χ1n) is 16.8. The summed E-state index contributed by atoms with van der Waals surface area (Å²) < 4.78 is 24.6. The van der Waals surface area contributed by atoms with Gasteiger partial charge in [0.25, 0.3) is 5.91 Å². The van der Waals surface area contributed by atoms with Crippen molar-refractivity contribution in [3.05, 3.63) is 0 Å². The number of Topliss-reactive ketones (excluding diaryl/α,β-unsaturated/α-hetero) is 1. The normalized spacial score (nSPS) is 22.1. The lowest BCUT2D eigenvalue weighted by Gasteiger charge is -2.49. The average molecular weight is 680 g/mol. The molecule has 0 aromatic carbocycles. The van der Waals surface area contributed by atoms with Crippen LogP contribution in [0.1, 0.15) is 106 Å². The van der Waals surface area contributed by atoms with Gasteiger partial charge in [0.2, 0.25) is 17.6 Å². The Bertz CT molecular complexity index is 1310. The van der Waals surface area contributed by atoms with Gasteiger partial charge < -0.3 is 26.2 Å². The predicted octanol–water partition coefficient (Wildman–Crippen LogP) is 2.70. The quantitative estimate of drug-likeness (QED) is 0.171. The third-order valence-corrected chi connectivity index (χ3v) is 10.6. The molecule has 1 aliphatic heterocycles. The number of rotatable bonds is 13. The molecule has 1 saturated carbocycles. The molecule has 1 aliphatic carbocycles. The summed E-state index contributed by atoms with van der Waals surface area (Å²) in [4.78, 5) is 68.9. The van der Waals surface area contributed by atoms with Gasteiger partial charge in [-0.3, -0.25) is 19.2 Å². The van der Waals surface area contributed by atoms with Crippen LogP contribution in [0.4, 0.5) is 4.79 Å². The maximum atomic E-state index is 14.4. The van der Waals surface area contributed by atoms with E-state index in [4.69, 9.17) is 6.42 Å². The van der Waals surface area contributed by atoms with E-state index < -0.39 is 68.5 Å². The summed E-state index contributed by atoms with van der Waals surface area (Å²) in [6.07, 6.45) is 11.2. The molecule has 266 valence electrons. The fraction of sp³-hybridized carbons (Fsp3) is 0.794. The van der Waals surface area contributed by atoms with Crippen LogP contribution in [0.5, 0.6) is 0 Å². The molecule has 5 amide bonds. The number of carbonyl (C=O) groups is 5. The number of nitrogens with one attached hydrogen (secondary N) is 4. The van der Waals surface area contributed by atoms with E-state index in [0.29, 0.717) is 25.8 Å². The van der Waals surface area contributed by atoms with Crippen molar-refractivity contribution >= 4 is 39.4 Å². The van der Waals surface area contributed by atoms with E-state index in [1.807, 2.05) is 27.7 Å². The van der Waals surface area contributed by atoms with Crippen LogP contribution in [-0.2, 0) is 29.0 Å². The van der Waals surface area contributed by atoms with Crippen LogP contribution < -0.4 is 21.3 Å². The molecule has 1 heterocycles. The number of nitrogens with zero attached hydrogens (tertiary/aromatic N) is 1. The zero-order valence-electron chi connectivity index (χ0n) is 29.6. The Morgan fingerprint density at radius 1 is 1.04 bits per heavy atom. The highest BCUT2D eigenvalue weighted by Crippen LogP contribution is 2.39. The standard InChI is InChI=1S/C34H57N5O7S/c1-10-12-16-24(26(40)29(42)35-19-11-2)36-28(41)25-20-33(7,8)23(3)21-39(25)30(43)27(32(4,5)6)37-31(44)38-34(22-47(9,45)46)17-14-13-15-18-34/h1,23-25,27H,11-22H2,2-9H3,(H,35,42)(H,36,41)(H2,37,38,44)/t23?,24?,25-,27+/m0/s1. The van der Waals surface area contributed by atoms with Crippen molar-refractivity contribution in [3.63, 3.8) is 0 Å². The van der Waals surface area contributed by atoms with Crippen molar-refractivity contribution in [1.29, 1.82) is 0 Å². The minimum atomic E-state index is -3.41. The summed E-state index contributed by atoms with van der Waals surface area (Å²) in [6, 6.07) is -3.87. The Balaban J connectivity index is 2.39. The maximum absolute atomic E-state index is 14.4. The lowest BCUT2D eigenvalue weighted by atomic mass is 9.71. The Morgan fingerprint density at radius 2 is 1.66 bits per heavy atom. The van der Waals surface area contributed by atoms with E-state index in [1.54, 1.807) is 20.8 Å². The van der Waals surface area contributed by atoms with Gasteiger partial charge in [-0.15, -0.1) is 12.3 Å². The Hall–Kier alpha value is -3.14. The molecule has 13 heteroatoms. The van der Waals surface area contributed by atoms with Gasteiger partial charge in [-0.25, -0.2) is 13.2 Å². The molecule has 0 bridgehead atoms. The molecule has 12 nitrogen and oxygen atoms in total. The van der Waals surface area contributed by atoms with Crippen molar-refractivity contribution in [1.82, 2.24) is 26.2 Å². The largest absolute Gasteiger partial charge is 0.349 e. The first-order valence-corrected chi connectivity index (χ1v) is 18.8. The summed E-state index contributed by atoms with van der Waals surface area (Å²) >= 11 is 0. The van der Waals surface area contributed by atoms with Crippen LogP contribution in [0.25, 0.3) is 0 Å². The van der Waals surface area contributed by atoms with Crippen LogP contribution >= 0.6 is 0 Å². The Kier molecular flexibility index (Phi) is 13.9. The molecule has 2 unspecified atom stereocenters. The summed E-state index contributed by atoms with van der Waals surface area (Å²) in [7, 11) is -3.41. The second-order valence-corrected chi connectivity index (χ2v) is 17.5. The van der Waals surface area contributed by atoms with E-state index in [9.17, 15) is 32.4 Å². The number of sulfone groups is 1. The zero-order chi connectivity index (χ0) is 35.8. The van der Waals surface area contributed by atoms with Gasteiger partial charge in [0.1, 0.15) is 21.9 Å². The number of piperidine rings is 1. The van der Waals surface area contributed by atoms with Crippen LogP contribution in [0.15, 0.2) is 0 Å². The van der Waals surface area contributed by atoms with E-state index in [2.05, 4.69) is 27.2 Å². The average Bonchev–Trinajstić information content (AvgIpc) is 2.95. The first kappa shape index (κ1) is 40.0. The monoisotopic (exact) mass is 679 g/mol. The van der Waals surface area contributed by atoms with Crippen LogP contribution in [0, 0.1) is 29.1 Å². The smallest absolute Gasteiger partial charge is 0.315 e. The zero-order valence-corrected chi connectivity index (χ0v) is 30.4. The number of urea groups is 1. The fourth-order valence-corrected chi connectivity index (χ4v) is 7.83. The number of terminal acetylenes is 1. The molecule has 0 radical (unpaired) electrons. The third kappa shape index (κ3) is 11.5. The third-order valence-electron chi connectivity index (χ3n) is 9.57. The van der Waals surface area contributed by atoms with Gasteiger partial charge in [-0.1, -0.05) is 67.7 Å². The van der Waals surface area contributed by atoms with Gasteiger partial charge in [0.05, 0.1) is 17.3 Å². The molecule has 4 atom stereocenters. The van der Waals surface area contributed by atoms with Crippen molar-refractivity contribution in [2.75, 3.05) is 25.1 Å². The van der Waals surface area contributed by atoms with Gasteiger partial charge in [-0.05, 0) is 48.9 Å². The molecule has 2 aliphatic rings. The summed E-state index contributed by atoms with van der Waals surface area (Å²) in [5.74, 6) is -0.424.